The molecule has 0 bridgehead atoms. The van der Waals surface area contributed by atoms with Gasteiger partial charge in [0.2, 0.25) is 0 Å². The van der Waals surface area contributed by atoms with E-state index in [1.165, 1.54) is 5.56 Å². The number of amides is 1. The number of aromatic nitrogens is 2. The topological polar surface area (TPSA) is 56.2 Å². The fourth-order valence-electron chi connectivity index (χ4n) is 3.96. The third-order valence-electron chi connectivity index (χ3n) is 5.89. The Balaban J connectivity index is 1.51. The summed E-state index contributed by atoms with van der Waals surface area (Å²) in [4.78, 5) is 17.5. The smallest absolute Gasteiger partial charge is 0.251 e. The normalized spacial score (nSPS) is 11.0. The molecule has 3 aromatic carbocycles. The number of fused-ring (bicyclic) bond motifs is 1. The van der Waals surface area contributed by atoms with Crippen molar-refractivity contribution in [1.82, 2.24) is 14.9 Å². The zero-order valence-corrected chi connectivity index (χ0v) is 19.1. The van der Waals surface area contributed by atoms with Crippen LogP contribution >= 0.6 is 0 Å². The molecular weight excluding hydrogens is 398 g/mol. The minimum atomic E-state index is -0.0901. The molecule has 4 aromatic rings. The number of rotatable bonds is 7. The summed E-state index contributed by atoms with van der Waals surface area (Å²) in [6.45, 7) is 9.65. The summed E-state index contributed by atoms with van der Waals surface area (Å²) in [7, 11) is 0. The Hall–Kier alpha value is -3.60. The Morgan fingerprint density at radius 1 is 0.969 bits per heavy atom. The monoisotopic (exact) mass is 427 g/mol. The van der Waals surface area contributed by atoms with Gasteiger partial charge in [0.05, 0.1) is 24.1 Å². The van der Waals surface area contributed by atoms with Crippen LogP contribution in [0.4, 0.5) is 0 Å². The van der Waals surface area contributed by atoms with Gasteiger partial charge in [0.15, 0.2) is 0 Å². The predicted octanol–water partition coefficient (Wildman–Crippen LogP) is 5.28. The van der Waals surface area contributed by atoms with Crippen LogP contribution in [0.15, 0.2) is 60.7 Å². The van der Waals surface area contributed by atoms with E-state index in [4.69, 9.17) is 9.72 Å². The number of carbonyl (C=O) groups excluding carboxylic acids is 1. The first-order chi connectivity index (χ1) is 15.4. The van der Waals surface area contributed by atoms with Crippen molar-refractivity contribution in [3.63, 3.8) is 0 Å². The average molecular weight is 428 g/mol. The molecule has 0 unspecified atom stereocenters. The van der Waals surface area contributed by atoms with E-state index >= 15 is 0 Å². The van der Waals surface area contributed by atoms with Crippen LogP contribution in [0.5, 0.6) is 5.75 Å². The van der Waals surface area contributed by atoms with Crippen LogP contribution < -0.4 is 10.1 Å². The van der Waals surface area contributed by atoms with Gasteiger partial charge in [-0.1, -0.05) is 42.0 Å². The minimum absolute atomic E-state index is 0.0901. The predicted molar refractivity (Wildman–Crippen MR) is 128 cm³/mol. The van der Waals surface area contributed by atoms with Crippen molar-refractivity contribution in [2.45, 2.75) is 40.8 Å². The van der Waals surface area contributed by atoms with Gasteiger partial charge in [0.1, 0.15) is 18.2 Å². The number of carbonyl (C=O) groups is 1. The maximum atomic E-state index is 12.8. The van der Waals surface area contributed by atoms with Gasteiger partial charge in [-0.05, 0) is 68.7 Å². The quantitative estimate of drug-likeness (QED) is 0.437. The Morgan fingerprint density at radius 2 is 1.78 bits per heavy atom. The van der Waals surface area contributed by atoms with Crippen molar-refractivity contribution in [3.8, 4) is 5.75 Å². The molecule has 4 rings (SSSR count). The van der Waals surface area contributed by atoms with E-state index in [2.05, 4.69) is 35.9 Å². The molecule has 1 N–H and O–H groups in total. The average Bonchev–Trinajstić information content (AvgIpc) is 3.12. The number of aryl methyl sites for hydroxylation is 3. The summed E-state index contributed by atoms with van der Waals surface area (Å²) in [6, 6.07) is 20.0. The highest BCUT2D eigenvalue weighted by Crippen LogP contribution is 2.21. The Kier molecular flexibility index (Phi) is 6.26. The molecule has 0 saturated carbocycles. The fourth-order valence-corrected chi connectivity index (χ4v) is 3.96. The molecule has 0 saturated heterocycles. The first kappa shape index (κ1) is 21.6. The first-order valence-corrected chi connectivity index (χ1v) is 10.9. The number of nitrogens with zero attached hydrogens (tertiary/aromatic N) is 2. The minimum Gasteiger partial charge on any atom is -0.491 e. The van der Waals surface area contributed by atoms with Gasteiger partial charge in [-0.2, -0.15) is 0 Å². The lowest BCUT2D eigenvalue weighted by Crippen LogP contribution is -2.26. The molecule has 1 aromatic heterocycles. The molecule has 5 nitrogen and oxygen atoms in total. The van der Waals surface area contributed by atoms with E-state index in [1.54, 1.807) is 0 Å². The lowest BCUT2D eigenvalue weighted by molar-refractivity contribution is 0.0949. The summed E-state index contributed by atoms with van der Waals surface area (Å²) in [6.07, 6.45) is 0. The molecule has 0 aliphatic rings. The summed E-state index contributed by atoms with van der Waals surface area (Å²) in [5.74, 6) is 1.63. The van der Waals surface area contributed by atoms with Crippen LogP contribution in [0, 0.1) is 27.7 Å². The largest absolute Gasteiger partial charge is 0.491 e. The summed E-state index contributed by atoms with van der Waals surface area (Å²) in [5.41, 5.74) is 7.12. The van der Waals surface area contributed by atoms with Crippen LogP contribution in [0.3, 0.4) is 0 Å². The molecule has 0 atom stereocenters. The van der Waals surface area contributed by atoms with Gasteiger partial charge in [-0.3, -0.25) is 4.79 Å². The Labute approximate surface area is 189 Å². The Morgan fingerprint density at radius 3 is 2.59 bits per heavy atom. The highest BCUT2D eigenvalue weighted by Gasteiger charge is 2.14. The van der Waals surface area contributed by atoms with Crippen LogP contribution in [0.2, 0.25) is 0 Å². The Bertz CT molecular complexity index is 1270. The highest BCUT2D eigenvalue weighted by molar-refractivity contribution is 5.95. The van der Waals surface area contributed by atoms with E-state index in [9.17, 15) is 4.79 Å². The molecule has 1 heterocycles. The second-order valence-electron chi connectivity index (χ2n) is 8.22. The first-order valence-electron chi connectivity index (χ1n) is 10.9. The number of para-hydroxylation sites is 2. The van der Waals surface area contributed by atoms with Gasteiger partial charge in [-0.15, -0.1) is 0 Å². The van der Waals surface area contributed by atoms with E-state index in [1.807, 2.05) is 62.4 Å². The number of imidazole rings is 1. The number of hydrogen-bond acceptors (Lipinski definition) is 3. The maximum Gasteiger partial charge on any atom is 0.251 e. The number of ether oxygens (including phenoxy) is 1. The van der Waals surface area contributed by atoms with Gasteiger partial charge >= 0.3 is 0 Å². The molecule has 1 amide bonds. The number of hydrogen-bond donors (Lipinski definition) is 1. The summed E-state index contributed by atoms with van der Waals surface area (Å²) in [5, 5.41) is 3.04. The zero-order valence-electron chi connectivity index (χ0n) is 19.1. The third kappa shape index (κ3) is 4.52. The summed E-state index contributed by atoms with van der Waals surface area (Å²) >= 11 is 0. The van der Waals surface area contributed by atoms with E-state index in [0.29, 0.717) is 25.3 Å². The molecule has 0 spiro atoms. The summed E-state index contributed by atoms with van der Waals surface area (Å²) < 4.78 is 8.21. The highest BCUT2D eigenvalue weighted by atomic mass is 16.5. The van der Waals surface area contributed by atoms with Gasteiger partial charge < -0.3 is 14.6 Å². The standard InChI is InChI=1S/C27H29N3O2/c1-18-12-13-22(20(3)16-18)27(31)28-17-26-29-23-9-5-6-10-24(23)30(26)14-15-32-25-11-7-8-19(2)21(25)4/h5-13,16H,14-15,17H2,1-4H3,(H,28,31). The van der Waals surface area contributed by atoms with Crippen molar-refractivity contribution in [2.75, 3.05) is 6.61 Å². The zero-order chi connectivity index (χ0) is 22.7. The molecule has 0 fully saturated rings. The van der Waals surface area contributed by atoms with Crippen LogP contribution in [0.1, 0.15) is 38.4 Å². The van der Waals surface area contributed by atoms with E-state index in [0.717, 1.165) is 39.3 Å². The van der Waals surface area contributed by atoms with Crippen molar-refractivity contribution in [2.24, 2.45) is 0 Å². The molecule has 0 radical (unpaired) electrons. The third-order valence-corrected chi connectivity index (χ3v) is 5.89. The number of nitrogens with one attached hydrogen (secondary N) is 1. The van der Waals surface area contributed by atoms with Gasteiger partial charge in [-0.25, -0.2) is 4.98 Å². The van der Waals surface area contributed by atoms with Crippen molar-refractivity contribution in [1.29, 1.82) is 0 Å². The molecule has 5 heteroatoms. The molecular formula is C27H29N3O2. The molecule has 32 heavy (non-hydrogen) atoms. The SMILES string of the molecule is Cc1ccc(C(=O)NCc2nc3ccccc3n2CCOc2cccc(C)c2C)c(C)c1. The maximum absolute atomic E-state index is 12.8. The van der Waals surface area contributed by atoms with Crippen LogP contribution in [-0.2, 0) is 13.1 Å². The van der Waals surface area contributed by atoms with Crippen LogP contribution in [-0.4, -0.2) is 22.1 Å². The molecule has 0 aliphatic carbocycles. The fraction of sp³-hybridized carbons (Fsp3) is 0.259. The molecule has 164 valence electrons. The number of benzene rings is 3. The van der Waals surface area contributed by atoms with Gasteiger partial charge in [0.25, 0.3) is 5.91 Å². The van der Waals surface area contributed by atoms with E-state index < -0.39 is 0 Å². The van der Waals surface area contributed by atoms with Crippen molar-refractivity contribution < 1.29 is 9.53 Å². The molecule has 0 aliphatic heterocycles. The lowest BCUT2D eigenvalue weighted by Gasteiger charge is -2.14. The van der Waals surface area contributed by atoms with Gasteiger partial charge in [0, 0.05) is 5.56 Å². The lowest BCUT2D eigenvalue weighted by atomic mass is 10.1. The van der Waals surface area contributed by atoms with E-state index in [-0.39, 0.29) is 5.91 Å². The van der Waals surface area contributed by atoms with Crippen molar-refractivity contribution >= 4 is 16.9 Å². The second-order valence-corrected chi connectivity index (χ2v) is 8.22. The van der Waals surface area contributed by atoms with Crippen molar-refractivity contribution in [3.05, 3.63) is 94.3 Å². The second kappa shape index (κ2) is 9.27. The van der Waals surface area contributed by atoms with Crippen LogP contribution in [0.25, 0.3) is 11.0 Å².